The third kappa shape index (κ3) is 2.37. The Labute approximate surface area is 127 Å². The summed E-state index contributed by atoms with van der Waals surface area (Å²) in [6.45, 7) is 1.89. The van der Waals surface area contributed by atoms with Crippen molar-refractivity contribution in [3.8, 4) is 0 Å². The predicted octanol–water partition coefficient (Wildman–Crippen LogP) is 3.54. The van der Waals surface area contributed by atoms with Gasteiger partial charge < -0.3 is 10.4 Å². The minimum atomic E-state index is -0.872. The average molecular weight is 365 g/mol. The molecule has 2 aromatic carbocycles. The van der Waals surface area contributed by atoms with Crippen molar-refractivity contribution >= 4 is 28.3 Å². The van der Waals surface area contributed by atoms with Gasteiger partial charge in [0.25, 0.3) is 0 Å². The number of aliphatic hydroxyl groups is 1. The molecule has 0 aromatic heterocycles. The summed E-state index contributed by atoms with van der Waals surface area (Å²) in [5.74, 6) is 0. The normalized spacial score (nSPS) is 20.5. The van der Waals surface area contributed by atoms with E-state index in [4.69, 9.17) is 0 Å². The molecule has 0 bridgehead atoms. The minimum Gasteiger partial charge on any atom is -0.383 e. The van der Waals surface area contributed by atoms with Gasteiger partial charge in [0.15, 0.2) is 0 Å². The molecule has 0 saturated heterocycles. The van der Waals surface area contributed by atoms with Crippen LogP contribution in [0.3, 0.4) is 0 Å². The lowest BCUT2D eigenvalue weighted by Gasteiger charge is -2.31. The van der Waals surface area contributed by atoms with Crippen LogP contribution in [-0.4, -0.2) is 11.1 Å². The SMILES string of the molecule is CC(O)(c1ccc(I)cc1)C1Cc2ccccc2N1. The van der Waals surface area contributed by atoms with Gasteiger partial charge in [-0.25, -0.2) is 0 Å². The van der Waals surface area contributed by atoms with Crippen LogP contribution >= 0.6 is 22.6 Å². The number of halogens is 1. The lowest BCUT2D eigenvalue weighted by atomic mass is 9.87. The second-order valence-corrected chi connectivity index (χ2v) is 6.46. The molecule has 3 heteroatoms. The summed E-state index contributed by atoms with van der Waals surface area (Å²) in [5.41, 5.74) is 2.50. The van der Waals surface area contributed by atoms with Crippen molar-refractivity contribution in [2.24, 2.45) is 0 Å². The van der Waals surface area contributed by atoms with Crippen LogP contribution in [0.4, 0.5) is 5.69 Å². The zero-order valence-electron chi connectivity index (χ0n) is 10.7. The second kappa shape index (κ2) is 4.80. The van der Waals surface area contributed by atoms with Gasteiger partial charge in [0.05, 0.1) is 6.04 Å². The highest BCUT2D eigenvalue weighted by Crippen LogP contribution is 2.35. The predicted molar refractivity (Wildman–Crippen MR) is 86.3 cm³/mol. The fourth-order valence-electron chi connectivity index (χ4n) is 2.63. The molecule has 0 spiro atoms. The zero-order chi connectivity index (χ0) is 13.5. The van der Waals surface area contributed by atoms with E-state index in [9.17, 15) is 5.11 Å². The average Bonchev–Trinajstić information content (AvgIpc) is 2.83. The van der Waals surface area contributed by atoms with Crippen LogP contribution in [0, 0.1) is 3.57 Å². The summed E-state index contributed by atoms with van der Waals surface area (Å²) < 4.78 is 1.18. The molecule has 2 unspecified atom stereocenters. The fourth-order valence-corrected chi connectivity index (χ4v) is 2.99. The van der Waals surface area contributed by atoms with Crippen LogP contribution in [0.25, 0.3) is 0 Å². The van der Waals surface area contributed by atoms with Gasteiger partial charge in [-0.05, 0) is 65.3 Å². The van der Waals surface area contributed by atoms with Crippen molar-refractivity contribution in [1.82, 2.24) is 0 Å². The van der Waals surface area contributed by atoms with Crippen LogP contribution in [0.2, 0.25) is 0 Å². The molecule has 2 N–H and O–H groups in total. The van der Waals surface area contributed by atoms with Crippen molar-refractivity contribution in [3.63, 3.8) is 0 Å². The molecule has 0 amide bonds. The van der Waals surface area contributed by atoms with Crippen molar-refractivity contribution < 1.29 is 5.11 Å². The first kappa shape index (κ1) is 12.9. The van der Waals surface area contributed by atoms with E-state index < -0.39 is 5.60 Å². The number of hydrogen-bond donors (Lipinski definition) is 2. The summed E-state index contributed by atoms with van der Waals surface area (Å²) >= 11 is 2.28. The number of anilines is 1. The lowest BCUT2D eigenvalue weighted by molar-refractivity contribution is 0.0381. The van der Waals surface area contributed by atoms with E-state index in [2.05, 4.69) is 40.0 Å². The highest BCUT2D eigenvalue weighted by atomic mass is 127. The molecule has 2 nitrogen and oxygen atoms in total. The third-order valence-corrected chi connectivity index (χ3v) is 4.60. The fraction of sp³-hybridized carbons (Fsp3) is 0.250. The van der Waals surface area contributed by atoms with Gasteiger partial charge in [-0.1, -0.05) is 30.3 Å². The molecular weight excluding hydrogens is 349 g/mol. The van der Waals surface area contributed by atoms with E-state index in [-0.39, 0.29) is 6.04 Å². The Hall–Kier alpha value is -1.07. The van der Waals surface area contributed by atoms with Crippen LogP contribution in [-0.2, 0) is 12.0 Å². The van der Waals surface area contributed by atoms with Gasteiger partial charge >= 0.3 is 0 Å². The Bertz CT molecular complexity index is 567. The van der Waals surface area contributed by atoms with Crippen LogP contribution in [0.1, 0.15) is 18.1 Å². The summed E-state index contributed by atoms with van der Waals surface area (Å²) in [4.78, 5) is 0. The van der Waals surface area contributed by atoms with Gasteiger partial charge in [-0.2, -0.15) is 0 Å². The van der Waals surface area contributed by atoms with Gasteiger partial charge in [-0.3, -0.25) is 0 Å². The maximum absolute atomic E-state index is 10.9. The second-order valence-electron chi connectivity index (χ2n) is 5.21. The molecule has 1 heterocycles. The summed E-state index contributed by atoms with van der Waals surface area (Å²) in [6, 6.07) is 16.4. The first-order chi connectivity index (χ1) is 9.07. The molecule has 2 atom stereocenters. The standard InChI is InChI=1S/C16H16INO/c1-16(19,12-6-8-13(17)9-7-12)15-10-11-4-2-3-5-14(11)18-15/h2-9,15,18-19H,10H2,1H3. The number of benzene rings is 2. The molecule has 98 valence electrons. The summed E-state index contributed by atoms with van der Waals surface area (Å²) in [7, 11) is 0. The Kier molecular flexibility index (Phi) is 3.27. The largest absolute Gasteiger partial charge is 0.383 e. The van der Waals surface area contributed by atoms with E-state index in [1.165, 1.54) is 9.13 Å². The van der Waals surface area contributed by atoms with E-state index in [1.54, 1.807) is 0 Å². The van der Waals surface area contributed by atoms with Crippen molar-refractivity contribution in [3.05, 3.63) is 63.2 Å². The molecule has 0 radical (unpaired) electrons. The number of hydrogen-bond acceptors (Lipinski definition) is 2. The Morgan fingerprint density at radius 1 is 1.16 bits per heavy atom. The molecule has 3 rings (SSSR count). The zero-order valence-corrected chi connectivity index (χ0v) is 12.9. The van der Waals surface area contributed by atoms with Crippen molar-refractivity contribution in [2.75, 3.05) is 5.32 Å². The Morgan fingerprint density at radius 2 is 1.84 bits per heavy atom. The van der Waals surface area contributed by atoms with Gasteiger partial charge in [-0.15, -0.1) is 0 Å². The van der Waals surface area contributed by atoms with Crippen LogP contribution < -0.4 is 5.32 Å². The number of para-hydroxylation sites is 1. The molecule has 19 heavy (non-hydrogen) atoms. The highest BCUT2D eigenvalue weighted by Gasteiger charge is 2.37. The van der Waals surface area contributed by atoms with E-state index in [0.717, 1.165) is 17.7 Å². The molecular formula is C16H16INO. The smallest absolute Gasteiger partial charge is 0.107 e. The lowest BCUT2D eigenvalue weighted by Crippen LogP contribution is -2.40. The number of nitrogens with one attached hydrogen (secondary N) is 1. The quantitative estimate of drug-likeness (QED) is 0.798. The molecule has 1 aliphatic rings. The first-order valence-electron chi connectivity index (χ1n) is 6.40. The van der Waals surface area contributed by atoms with E-state index >= 15 is 0 Å². The Balaban J connectivity index is 1.89. The molecule has 1 aliphatic heterocycles. The van der Waals surface area contributed by atoms with Gasteiger partial charge in [0.2, 0.25) is 0 Å². The highest BCUT2D eigenvalue weighted by molar-refractivity contribution is 14.1. The van der Waals surface area contributed by atoms with Crippen molar-refractivity contribution in [2.45, 2.75) is 25.0 Å². The number of fused-ring (bicyclic) bond motifs is 1. The summed E-state index contributed by atoms with van der Waals surface area (Å²) in [5, 5.41) is 14.3. The Morgan fingerprint density at radius 3 is 2.53 bits per heavy atom. The molecule has 0 aliphatic carbocycles. The summed E-state index contributed by atoms with van der Waals surface area (Å²) in [6.07, 6.45) is 0.856. The minimum absolute atomic E-state index is 0.0185. The molecule has 0 fully saturated rings. The van der Waals surface area contributed by atoms with Gasteiger partial charge in [0.1, 0.15) is 5.60 Å². The van der Waals surface area contributed by atoms with Gasteiger partial charge in [0, 0.05) is 9.26 Å². The maximum atomic E-state index is 10.9. The number of rotatable bonds is 2. The molecule has 2 aromatic rings. The van der Waals surface area contributed by atoms with Crippen LogP contribution in [0.15, 0.2) is 48.5 Å². The van der Waals surface area contributed by atoms with E-state index in [1.807, 2.05) is 43.3 Å². The molecule has 0 saturated carbocycles. The van der Waals surface area contributed by atoms with Crippen LogP contribution in [0.5, 0.6) is 0 Å². The third-order valence-electron chi connectivity index (χ3n) is 3.88. The first-order valence-corrected chi connectivity index (χ1v) is 7.48. The topological polar surface area (TPSA) is 32.3 Å². The monoisotopic (exact) mass is 365 g/mol. The van der Waals surface area contributed by atoms with E-state index in [0.29, 0.717) is 0 Å². The van der Waals surface area contributed by atoms with Crippen molar-refractivity contribution in [1.29, 1.82) is 0 Å². The maximum Gasteiger partial charge on any atom is 0.107 e.